The number of aryl methyl sites for hydroxylation is 2. The highest BCUT2D eigenvalue weighted by Crippen LogP contribution is 2.22. The quantitative estimate of drug-likeness (QED) is 0.842. The summed E-state index contributed by atoms with van der Waals surface area (Å²) in [6.07, 6.45) is 3.51. The molecule has 1 saturated heterocycles. The first-order valence-electron chi connectivity index (χ1n) is 6.96. The number of aromatic nitrogens is 2. The fourth-order valence-corrected chi connectivity index (χ4v) is 2.37. The number of hydrogen-bond acceptors (Lipinski definition) is 4. The molecule has 5 heteroatoms. The average molecular weight is 276 g/mol. The van der Waals surface area contributed by atoms with E-state index in [-0.39, 0.29) is 11.7 Å². The molecule has 0 amide bonds. The molecule has 20 heavy (non-hydrogen) atoms. The predicted octanol–water partition coefficient (Wildman–Crippen LogP) is 2.89. The van der Waals surface area contributed by atoms with Crippen LogP contribution in [0.3, 0.4) is 0 Å². The van der Waals surface area contributed by atoms with Crippen molar-refractivity contribution in [2.45, 2.75) is 31.6 Å². The second-order valence-electron chi connectivity index (χ2n) is 5.09. The average Bonchev–Trinajstić information content (AvgIpc) is 3.11. The van der Waals surface area contributed by atoms with Crippen LogP contribution in [0.4, 0.5) is 4.39 Å². The first kappa shape index (κ1) is 13.2. The van der Waals surface area contributed by atoms with Gasteiger partial charge in [-0.05, 0) is 37.0 Å². The number of nitrogens with zero attached hydrogens (tertiary/aromatic N) is 2. The topological polar surface area (TPSA) is 48.2 Å². The molecule has 1 aliphatic heterocycles. The standard InChI is InChI=1S/C15H17FN2O2/c16-13-6-4-11(5-7-13)2-1-3-14-17-15(18-20-14)12-8-9-19-10-12/h4-7,12H,1-3,8-10H2. The van der Waals surface area contributed by atoms with Crippen molar-refractivity contribution in [3.63, 3.8) is 0 Å². The van der Waals surface area contributed by atoms with Crippen molar-refractivity contribution in [1.82, 2.24) is 10.1 Å². The molecule has 4 nitrogen and oxygen atoms in total. The minimum Gasteiger partial charge on any atom is -0.381 e. The molecule has 0 aliphatic carbocycles. The summed E-state index contributed by atoms with van der Waals surface area (Å²) >= 11 is 0. The van der Waals surface area contributed by atoms with Crippen LogP contribution in [0.2, 0.25) is 0 Å². The minimum absolute atomic E-state index is 0.200. The van der Waals surface area contributed by atoms with Gasteiger partial charge in [0.15, 0.2) is 5.82 Å². The smallest absolute Gasteiger partial charge is 0.226 e. The summed E-state index contributed by atoms with van der Waals surface area (Å²) in [6.45, 7) is 1.47. The van der Waals surface area contributed by atoms with Gasteiger partial charge >= 0.3 is 0 Å². The fraction of sp³-hybridized carbons (Fsp3) is 0.467. The van der Waals surface area contributed by atoms with E-state index in [9.17, 15) is 4.39 Å². The number of ether oxygens (including phenoxy) is 1. The first-order chi connectivity index (χ1) is 9.81. The summed E-state index contributed by atoms with van der Waals surface area (Å²) in [6, 6.07) is 6.59. The molecular formula is C15H17FN2O2. The normalized spacial score (nSPS) is 18.6. The molecule has 1 aliphatic rings. The van der Waals surface area contributed by atoms with E-state index in [4.69, 9.17) is 9.26 Å². The van der Waals surface area contributed by atoms with E-state index in [1.54, 1.807) is 0 Å². The number of benzene rings is 1. The monoisotopic (exact) mass is 276 g/mol. The van der Waals surface area contributed by atoms with Gasteiger partial charge in [0, 0.05) is 18.9 Å². The summed E-state index contributed by atoms with van der Waals surface area (Å²) in [5.74, 6) is 1.52. The van der Waals surface area contributed by atoms with Gasteiger partial charge in [0.1, 0.15) is 5.82 Å². The fourth-order valence-electron chi connectivity index (χ4n) is 2.37. The van der Waals surface area contributed by atoms with E-state index < -0.39 is 0 Å². The van der Waals surface area contributed by atoms with Crippen molar-refractivity contribution >= 4 is 0 Å². The van der Waals surface area contributed by atoms with E-state index in [2.05, 4.69) is 10.1 Å². The third-order valence-corrected chi connectivity index (χ3v) is 3.55. The van der Waals surface area contributed by atoms with E-state index in [0.29, 0.717) is 12.5 Å². The Balaban J connectivity index is 1.49. The molecule has 0 bridgehead atoms. The van der Waals surface area contributed by atoms with Crippen LogP contribution in [-0.2, 0) is 17.6 Å². The summed E-state index contributed by atoms with van der Waals surface area (Å²) in [5, 5.41) is 4.02. The van der Waals surface area contributed by atoms with E-state index in [1.165, 1.54) is 12.1 Å². The third-order valence-electron chi connectivity index (χ3n) is 3.55. The Morgan fingerprint density at radius 3 is 2.80 bits per heavy atom. The molecule has 1 unspecified atom stereocenters. The minimum atomic E-state index is -0.200. The predicted molar refractivity (Wildman–Crippen MR) is 70.9 cm³/mol. The zero-order valence-corrected chi connectivity index (χ0v) is 11.2. The highest BCUT2D eigenvalue weighted by Gasteiger charge is 2.22. The second kappa shape index (κ2) is 6.13. The lowest BCUT2D eigenvalue weighted by Gasteiger charge is -1.99. The zero-order chi connectivity index (χ0) is 13.8. The number of rotatable bonds is 5. The van der Waals surface area contributed by atoms with E-state index in [0.717, 1.165) is 43.7 Å². The summed E-state index contributed by atoms with van der Waals surface area (Å²) in [4.78, 5) is 4.42. The summed E-state index contributed by atoms with van der Waals surface area (Å²) in [7, 11) is 0. The van der Waals surface area contributed by atoms with E-state index >= 15 is 0 Å². The molecule has 1 atom stereocenters. The maximum Gasteiger partial charge on any atom is 0.226 e. The maximum atomic E-state index is 12.8. The third kappa shape index (κ3) is 3.22. The molecule has 1 aromatic heterocycles. The van der Waals surface area contributed by atoms with Crippen LogP contribution in [0.15, 0.2) is 28.8 Å². The van der Waals surface area contributed by atoms with Crippen molar-refractivity contribution < 1.29 is 13.7 Å². The molecule has 106 valence electrons. The van der Waals surface area contributed by atoms with Gasteiger partial charge in [-0.3, -0.25) is 0 Å². The van der Waals surface area contributed by atoms with Gasteiger partial charge < -0.3 is 9.26 Å². The Morgan fingerprint density at radius 2 is 2.05 bits per heavy atom. The molecule has 3 rings (SSSR count). The van der Waals surface area contributed by atoms with Gasteiger partial charge in [0.25, 0.3) is 0 Å². The number of halogens is 1. The Labute approximate surface area is 117 Å². The first-order valence-corrected chi connectivity index (χ1v) is 6.96. The Bertz CT molecular complexity index is 547. The van der Waals surface area contributed by atoms with Crippen LogP contribution in [0.25, 0.3) is 0 Å². The largest absolute Gasteiger partial charge is 0.381 e. The van der Waals surface area contributed by atoms with Crippen LogP contribution in [0, 0.1) is 5.82 Å². The molecule has 1 aromatic carbocycles. The SMILES string of the molecule is Fc1ccc(CCCc2nc(C3CCOC3)no2)cc1. The van der Waals surface area contributed by atoms with Crippen molar-refractivity contribution in [2.75, 3.05) is 13.2 Å². The van der Waals surface area contributed by atoms with Gasteiger partial charge in [-0.2, -0.15) is 4.98 Å². The lowest BCUT2D eigenvalue weighted by Crippen LogP contribution is -2.00. The van der Waals surface area contributed by atoms with Gasteiger partial charge in [-0.1, -0.05) is 17.3 Å². The lowest BCUT2D eigenvalue weighted by molar-refractivity contribution is 0.192. The van der Waals surface area contributed by atoms with Crippen molar-refractivity contribution in [2.24, 2.45) is 0 Å². The molecular weight excluding hydrogens is 259 g/mol. The van der Waals surface area contributed by atoms with Gasteiger partial charge in [0.05, 0.1) is 6.61 Å². The molecule has 0 spiro atoms. The molecule has 0 saturated carbocycles. The van der Waals surface area contributed by atoms with Gasteiger partial charge in [-0.15, -0.1) is 0 Å². The van der Waals surface area contributed by atoms with Crippen LogP contribution in [0.1, 0.15) is 36.0 Å². The number of hydrogen-bond donors (Lipinski definition) is 0. The van der Waals surface area contributed by atoms with Crippen molar-refractivity contribution in [1.29, 1.82) is 0 Å². The Morgan fingerprint density at radius 1 is 1.20 bits per heavy atom. The Kier molecular flexibility index (Phi) is 4.06. The van der Waals surface area contributed by atoms with Crippen LogP contribution < -0.4 is 0 Å². The van der Waals surface area contributed by atoms with Crippen LogP contribution >= 0.6 is 0 Å². The zero-order valence-electron chi connectivity index (χ0n) is 11.2. The molecule has 0 radical (unpaired) electrons. The second-order valence-corrected chi connectivity index (χ2v) is 5.09. The van der Waals surface area contributed by atoms with Crippen LogP contribution in [-0.4, -0.2) is 23.4 Å². The molecule has 1 fully saturated rings. The van der Waals surface area contributed by atoms with E-state index in [1.807, 2.05) is 12.1 Å². The highest BCUT2D eigenvalue weighted by atomic mass is 19.1. The molecule has 2 aromatic rings. The highest BCUT2D eigenvalue weighted by molar-refractivity contribution is 5.16. The van der Waals surface area contributed by atoms with Gasteiger partial charge in [0.2, 0.25) is 5.89 Å². The van der Waals surface area contributed by atoms with Gasteiger partial charge in [-0.25, -0.2) is 4.39 Å². The molecule has 0 N–H and O–H groups in total. The molecule has 2 heterocycles. The van der Waals surface area contributed by atoms with Crippen molar-refractivity contribution in [3.05, 3.63) is 47.4 Å². The Hall–Kier alpha value is -1.75. The summed E-state index contributed by atoms with van der Waals surface area (Å²) in [5.41, 5.74) is 1.12. The lowest BCUT2D eigenvalue weighted by atomic mass is 10.1. The summed E-state index contributed by atoms with van der Waals surface area (Å²) < 4.78 is 23.4. The maximum absolute atomic E-state index is 12.8. The van der Waals surface area contributed by atoms with Crippen LogP contribution in [0.5, 0.6) is 0 Å². The van der Waals surface area contributed by atoms with Crippen molar-refractivity contribution in [3.8, 4) is 0 Å².